The first-order valence-electron chi connectivity index (χ1n) is 5.45. The molecule has 0 spiro atoms. The molecule has 0 heterocycles. The summed E-state index contributed by atoms with van der Waals surface area (Å²) in [5, 5.41) is 0.571. The predicted molar refractivity (Wildman–Crippen MR) is 75.9 cm³/mol. The molecule has 0 radical (unpaired) electrons. The normalized spacial score (nSPS) is 10.3. The van der Waals surface area contributed by atoms with Crippen molar-refractivity contribution in [1.29, 1.82) is 0 Å². The molecule has 94 valence electrons. The molecule has 0 bridgehead atoms. The second-order valence-corrected chi connectivity index (χ2v) is 4.99. The SMILES string of the molecule is Clc1ccc(Br)cc1OCOCc1ccccc1. The molecule has 2 nitrogen and oxygen atoms in total. The van der Waals surface area contributed by atoms with Gasteiger partial charge in [-0.3, -0.25) is 0 Å². The van der Waals surface area contributed by atoms with Crippen molar-refractivity contribution in [2.24, 2.45) is 0 Å². The third-order valence-corrected chi connectivity index (χ3v) is 3.11. The van der Waals surface area contributed by atoms with Crippen LogP contribution < -0.4 is 4.74 Å². The summed E-state index contributed by atoms with van der Waals surface area (Å²) in [4.78, 5) is 0. The Morgan fingerprint density at radius 2 is 1.83 bits per heavy atom. The topological polar surface area (TPSA) is 18.5 Å². The molecule has 0 amide bonds. The highest BCUT2D eigenvalue weighted by Gasteiger charge is 2.02. The molecule has 0 unspecified atom stereocenters. The van der Waals surface area contributed by atoms with Gasteiger partial charge in [-0.1, -0.05) is 57.9 Å². The van der Waals surface area contributed by atoms with E-state index in [9.17, 15) is 0 Å². The Bertz CT molecular complexity index is 502. The lowest BCUT2D eigenvalue weighted by atomic mass is 10.2. The fourth-order valence-electron chi connectivity index (χ4n) is 1.43. The largest absolute Gasteiger partial charge is 0.466 e. The van der Waals surface area contributed by atoms with Crippen LogP contribution in [0.15, 0.2) is 53.0 Å². The van der Waals surface area contributed by atoms with Crippen molar-refractivity contribution < 1.29 is 9.47 Å². The van der Waals surface area contributed by atoms with E-state index in [4.69, 9.17) is 21.1 Å². The fraction of sp³-hybridized carbons (Fsp3) is 0.143. The molecule has 0 aromatic heterocycles. The van der Waals surface area contributed by atoms with Gasteiger partial charge in [-0.05, 0) is 23.8 Å². The first-order valence-corrected chi connectivity index (χ1v) is 6.62. The number of hydrogen-bond acceptors (Lipinski definition) is 2. The van der Waals surface area contributed by atoms with Crippen molar-refractivity contribution in [2.75, 3.05) is 6.79 Å². The molecular formula is C14H12BrClO2. The summed E-state index contributed by atoms with van der Waals surface area (Å²) >= 11 is 9.35. The van der Waals surface area contributed by atoms with Gasteiger partial charge in [-0.25, -0.2) is 0 Å². The van der Waals surface area contributed by atoms with E-state index >= 15 is 0 Å². The van der Waals surface area contributed by atoms with Crippen LogP contribution in [0.4, 0.5) is 0 Å². The zero-order chi connectivity index (χ0) is 12.8. The molecule has 18 heavy (non-hydrogen) atoms. The second-order valence-electron chi connectivity index (χ2n) is 3.67. The molecule has 0 aliphatic heterocycles. The van der Waals surface area contributed by atoms with Crippen molar-refractivity contribution in [3.63, 3.8) is 0 Å². The standard InChI is InChI=1S/C14H12BrClO2/c15-12-6-7-13(16)14(8-12)18-10-17-9-11-4-2-1-3-5-11/h1-8H,9-10H2. The third kappa shape index (κ3) is 4.02. The average molecular weight is 328 g/mol. The molecular weight excluding hydrogens is 316 g/mol. The summed E-state index contributed by atoms with van der Waals surface area (Å²) in [5.41, 5.74) is 1.11. The van der Waals surface area contributed by atoms with Gasteiger partial charge in [0.05, 0.1) is 11.6 Å². The van der Waals surface area contributed by atoms with Gasteiger partial charge >= 0.3 is 0 Å². The number of ether oxygens (including phenoxy) is 2. The minimum Gasteiger partial charge on any atom is -0.466 e. The Balaban J connectivity index is 1.80. The van der Waals surface area contributed by atoms with E-state index in [0.717, 1.165) is 10.0 Å². The molecule has 0 aliphatic rings. The molecule has 2 aromatic carbocycles. The van der Waals surface area contributed by atoms with E-state index in [1.165, 1.54) is 0 Å². The molecule has 4 heteroatoms. The lowest BCUT2D eigenvalue weighted by Gasteiger charge is -2.09. The molecule has 0 aliphatic carbocycles. The number of halogens is 2. The zero-order valence-electron chi connectivity index (χ0n) is 9.61. The molecule has 0 atom stereocenters. The smallest absolute Gasteiger partial charge is 0.189 e. The van der Waals surface area contributed by atoms with Crippen molar-refractivity contribution in [3.05, 3.63) is 63.6 Å². The summed E-state index contributed by atoms with van der Waals surface area (Å²) in [6.07, 6.45) is 0. The summed E-state index contributed by atoms with van der Waals surface area (Å²) < 4.78 is 11.8. The van der Waals surface area contributed by atoms with E-state index in [0.29, 0.717) is 17.4 Å². The predicted octanol–water partition coefficient (Wildman–Crippen LogP) is 4.66. The van der Waals surface area contributed by atoms with Crippen LogP contribution in [-0.2, 0) is 11.3 Å². The summed E-state index contributed by atoms with van der Waals surface area (Å²) in [5.74, 6) is 0.610. The Morgan fingerprint density at radius 3 is 2.61 bits per heavy atom. The first-order chi connectivity index (χ1) is 8.75. The van der Waals surface area contributed by atoms with Crippen molar-refractivity contribution in [2.45, 2.75) is 6.61 Å². The van der Waals surface area contributed by atoms with Gasteiger partial charge in [0.15, 0.2) is 6.79 Å². The molecule has 2 aromatic rings. The van der Waals surface area contributed by atoms with Gasteiger partial charge in [-0.15, -0.1) is 0 Å². The maximum Gasteiger partial charge on any atom is 0.189 e. The monoisotopic (exact) mass is 326 g/mol. The summed E-state index contributed by atoms with van der Waals surface area (Å²) in [7, 11) is 0. The Kier molecular flexibility index (Phi) is 5.05. The van der Waals surface area contributed by atoms with Crippen molar-refractivity contribution in [1.82, 2.24) is 0 Å². The van der Waals surface area contributed by atoms with Gasteiger partial charge in [0.2, 0.25) is 0 Å². The second kappa shape index (κ2) is 6.78. The van der Waals surface area contributed by atoms with Crippen molar-refractivity contribution >= 4 is 27.5 Å². The molecule has 0 saturated carbocycles. The van der Waals surface area contributed by atoms with E-state index in [-0.39, 0.29) is 6.79 Å². The lowest BCUT2D eigenvalue weighted by Crippen LogP contribution is -2.03. The van der Waals surface area contributed by atoms with Gasteiger partial charge in [0.1, 0.15) is 5.75 Å². The Morgan fingerprint density at radius 1 is 1.06 bits per heavy atom. The summed E-state index contributed by atoms with van der Waals surface area (Å²) in [6, 6.07) is 15.4. The van der Waals surface area contributed by atoms with Crippen LogP contribution in [0.1, 0.15) is 5.56 Å². The lowest BCUT2D eigenvalue weighted by molar-refractivity contribution is 0.00507. The average Bonchev–Trinajstić information content (AvgIpc) is 2.40. The van der Waals surface area contributed by atoms with Crippen LogP contribution >= 0.6 is 27.5 Å². The quantitative estimate of drug-likeness (QED) is 0.587. The van der Waals surface area contributed by atoms with Crippen LogP contribution in [0.25, 0.3) is 0 Å². The Hall–Kier alpha value is -1.03. The maximum absolute atomic E-state index is 5.99. The molecule has 2 rings (SSSR count). The van der Waals surface area contributed by atoms with Crippen LogP contribution in [0.5, 0.6) is 5.75 Å². The fourth-order valence-corrected chi connectivity index (χ4v) is 1.94. The van der Waals surface area contributed by atoms with Gasteiger partial charge < -0.3 is 9.47 Å². The molecule has 0 saturated heterocycles. The first kappa shape index (κ1) is 13.4. The van der Waals surface area contributed by atoms with Gasteiger partial charge in [0, 0.05) is 4.47 Å². The van der Waals surface area contributed by atoms with Crippen LogP contribution in [0.3, 0.4) is 0 Å². The van der Waals surface area contributed by atoms with E-state index in [2.05, 4.69) is 15.9 Å². The van der Waals surface area contributed by atoms with E-state index in [1.54, 1.807) is 6.07 Å². The van der Waals surface area contributed by atoms with Crippen LogP contribution in [-0.4, -0.2) is 6.79 Å². The Labute approximate surface area is 120 Å². The van der Waals surface area contributed by atoms with Gasteiger partial charge in [-0.2, -0.15) is 0 Å². The minimum atomic E-state index is 0.172. The highest BCUT2D eigenvalue weighted by molar-refractivity contribution is 9.10. The minimum absolute atomic E-state index is 0.172. The molecule has 0 N–H and O–H groups in total. The van der Waals surface area contributed by atoms with Crippen LogP contribution in [0, 0.1) is 0 Å². The summed E-state index contributed by atoms with van der Waals surface area (Å²) in [6.45, 7) is 0.692. The van der Waals surface area contributed by atoms with E-state index < -0.39 is 0 Å². The van der Waals surface area contributed by atoms with Crippen molar-refractivity contribution in [3.8, 4) is 5.75 Å². The highest BCUT2D eigenvalue weighted by atomic mass is 79.9. The number of benzene rings is 2. The zero-order valence-corrected chi connectivity index (χ0v) is 11.9. The highest BCUT2D eigenvalue weighted by Crippen LogP contribution is 2.27. The third-order valence-electron chi connectivity index (χ3n) is 2.30. The number of hydrogen-bond donors (Lipinski definition) is 0. The molecule has 0 fully saturated rings. The maximum atomic E-state index is 5.99. The van der Waals surface area contributed by atoms with Crippen LogP contribution in [0.2, 0.25) is 5.02 Å². The van der Waals surface area contributed by atoms with Gasteiger partial charge in [0.25, 0.3) is 0 Å². The van der Waals surface area contributed by atoms with E-state index in [1.807, 2.05) is 42.5 Å². The number of rotatable bonds is 5.